The van der Waals surface area contributed by atoms with Crippen LogP contribution in [0, 0.1) is 11.8 Å². The number of hydrogen-bond acceptors (Lipinski definition) is 3. The fourth-order valence-electron chi connectivity index (χ4n) is 3.89. The first-order chi connectivity index (χ1) is 11.2. The van der Waals surface area contributed by atoms with Crippen LogP contribution in [-0.4, -0.2) is 56.1 Å². The zero-order chi connectivity index (χ0) is 15.8. The lowest BCUT2D eigenvalue weighted by Gasteiger charge is -2.28. The van der Waals surface area contributed by atoms with Gasteiger partial charge in [-0.1, -0.05) is 6.07 Å². The highest BCUT2D eigenvalue weighted by Crippen LogP contribution is 2.28. The zero-order valence-electron chi connectivity index (χ0n) is 13.1. The van der Waals surface area contributed by atoms with Crippen molar-refractivity contribution in [3.63, 3.8) is 0 Å². The number of nitrogens with one attached hydrogen (secondary N) is 2. The van der Waals surface area contributed by atoms with Gasteiger partial charge in [0.2, 0.25) is 0 Å². The lowest BCUT2D eigenvalue weighted by molar-refractivity contribution is 0.0781. The molecule has 0 aliphatic carbocycles. The summed E-state index contributed by atoms with van der Waals surface area (Å²) >= 11 is 0. The average molecular weight is 314 g/mol. The van der Waals surface area contributed by atoms with Crippen LogP contribution in [0.2, 0.25) is 0 Å². The van der Waals surface area contributed by atoms with Crippen molar-refractivity contribution in [2.24, 2.45) is 11.8 Å². The summed E-state index contributed by atoms with van der Waals surface area (Å²) in [4.78, 5) is 28.4. The van der Waals surface area contributed by atoms with E-state index in [2.05, 4.69) is 10.6 Å². The molecule has 6 nitrogen and oxygen atoms in total. The van der Waals surface area contributed by atoms with Gasteiger partial charge in [-0.15, -0.1) is 0 Å². The van der Waals surface area contributed by atoms with E-state index < -0.39 is 0 Å². The van der Waals surface area contributed by atoms with Crippen LogP contribution in [0.4, 0.5) is 10.5 Å². The van der Waals surface area contributed by atoms with Gasteiger partial charge < -0.3 is 15.5 Å². The molecule has 1 aromatic rings. The van der Waals surface area contributed by atoms with Gasteiger partial charge in [0.15, 0.2) is 0 Å². The summed E-state index contributed by atoms with van der Waals surface area (Å²) in [5.74, 6) is 1.27. The molecule has 3 aliphatic heterocycles. The lowest BCUT2D eigenvalue weighted by atomic mass is 10.0. The largest absolute Gasteiger partial charge is 0.338 e. The number of benzene rings is 1. The highest BCUT2D eigenvalue weighted by atomic mass is 16.2. The van der Waals surface area contributed by atoms with Crippen LogP contribution in [0.5, 0.6) is 0 Å². The number of carbonyl (C=O) groups excluding carboxylic acids is 2. The molecule has 1 aromatic carbocycles. The van der Waals surface area contributed by atoms with Crippen molar-refractivity contribution < 1.29 is 9.59 Å². The first-order valence-electron chi connectivity index (χ1n) is 8.38. The molecule has 3 fully saturated rings. The van der Waals surface area contributed by atoms with Crippen LogP contribution in [0.25, 0.3) is 0 Å². The molecule has 3 saturated heterocycles. The molecule has 122 valence electrons. The van der Waals surface area contributed by atoms with Crippen LogP contribution < -0.4 is 15.5 Å². The molecule has 3 aliphatic rings. The number of anilines is 1. The quantitative estimate of drug-likeness (QED) is 0.852. The molecule has 0 bridgehead atoms. The van der Waals surface area contributed by atoms with Gasteiger partial charge in [0.25, 0.3) is 5.91 Å². The maximum Gasteiger partial charge on any atom is 0.321 e. The minimum atomic E-state index is -0.0809. The molecule has 0 aromatic heterocycles. The van der Waals surface area contributed by atoms with E-state index in [1.54, 1.807) is 4.90 Å². The number of hydrogen-bond donors (Lipinski definition) is 2. The van der Waals surface area contributed by atoms with Crippen molar-refractivity contribution in [1.82, 2.24) is 15.5 Å². The molecule has 0 unspecified atom stereocenters. The Bertz CT molecular complexity index is 621. The molecular weight excluding hydrogens is 292 g/mol. The van der Waals surface area contributed by atoms with E-state index in [0.29, 0.717) is 23.9 Å². The first kappa shape index (κ1) is 14.5. The third-order valence-corrected chi connectivity index (χ3v) is 5.16. The van der Waals surface area contributed by atoms with E-state index in [9.17, 15) is 9.59 Å². The van der Waals surface area contributed by atoms with Crippen LogP contribution in [0.15, 0.2) is 24.3 Å². The average Bonchev–Trinajstić information content (AvgIpc) is 3.16. The predicted octanol–water partition coefficient (Wildman–Crippen LogP) is 0.898. The Morgan fingerprint density at radius 2 is 1.96 bits per heavy atom. The van der Waals surface area contributed by atoms with Gasteiger partial charge in [0, 0.05) is 50.5 Å². The van der Waals surface area contributed by atoms with Crippen molar-refractivity contribution >= 4 is 17.6 Å². The molecule has 23 heavy (non-hydrogen) atoms. The summed E-state index contributed by atoms with van der Waals surface area (Å²) in [5.41, 5.74) is 1.47. The topological polar surface area (TPSA) is 64.7 Å². The lowest BCUT2D eigenvalue weighted by Crippen LogP contribution is -2.46. The number of urea groups is 1. The Kier molecular flexibility index (Phi) is 3.69. The summed E-state index contributed by atoms with van der Waals surface area (Å²) < 4.78 is 0. The first-order valence-corrected chi connectivity index (χ1v) is 8.38. The van der Waals surface area contributed by atoms with Gasteiger partial charge in [-0.25, -0.2) is 4.79 Å². The minimum absolute atomic E-state index is 0.0809. The van der Waals surface area contributed by atoms with Crippen molar-refractivity contribution in [3.8, 4) is 0 Å². The summed E-state index contributed by atoms with van der Waals surface area (Å²) in [6, 6.07) is 7.37. The summed E-state index contributed by atoms with van der Waals surface area (Å²) in [6.45, 7) is 5.13. The third kappa shape index (κ3) is 2.67. The van der Waals surface area contributed by atoms with Crippen molar-refractivity contribution in [1.29, 1.82) is 0 Å². The second-order valence-corrected chi connectivity index (χ2v) is 6.68. The second-order valence-electron chi connectivity index (χ2n) is 6.68. The Morgan fingerprint density at radius 1 is 1.17 bits per heavy atom. The molecule has 2 N–H and O–H groups in total. The maximum atomic E-state index is 12.8. The molecule has 3 amide bonds. The van der Waals surface area contributed by atoms with E-state index >= 15 is 0 Å². The fraction of sp³-hybridized carbons (Fsp3) is 0.529. The number of carbonyl (C=O) groups is 2. The molecule has 0 saturated carbocycles. The Balaban J connectivity index is 1.52. The summed E-state index contributed by atoms with van der Waals surface area (Å²) in [7, 11) is 0. The van der Waals surface area contributed by atoms with Gasteiger partial charge in [-0.3, -0.25) is 9.69 Å². The molecule has 2 atom stereocenters. The van der Waals surface area contributed by atoms with Gasteiger partial charge in [0.05, 0.1) is 0 Å². The summed E-state index contributed by atoms with van der Waals surface area (Å²) in [5, 5.41) is 6.24. The molecule has 0 radical (unpaired) electrons. The predicted molar refractivity (Wildman–Crippen MR) is 87.6 cm³/mol. The van der Waals surface area contributed by atoms with Crippen molar-refractivity contribution in [3.05, 3.63) is 29.8 Å². The second kappa shape index (κ2) is 5.85. The minimum Gasteiger partial charge on any atom is -0.338 e. The van der Waals surface area contributed by atoms with Crippen molar-refractivity contribution in [2.75, 3.05) is 44.2 Å². The van der Waals surface area contributed by atoms with Gasteiger partial charge in [-0.05, 0) is 36.5 Å². The summed E-state index contributed by atoms with van der Waals surface area (Å²) in [6.07, 6.45) is 0.923. The van der Waals surface area contributed by atoms with E-state index in [1.165, 1.54) is 0 Å². The number of nitrogens with zero attached hydrogens (tertiary/aromatic N) is 2. The molecule has 3 heterocycles. The van der Waals surface area contributed by atoms with E-state index in [1.807, 2.05) is 29.2 Å². The highest BCUT2D eigenvalue weighted by molar-refractivity contribution is 5.98. The molecular formula is C17H22N4O2. The standard InChI is InChI=1S/C17H22N4O2/c22-16(20-10-13-8-18-9-14(13)11-20)12-3-1-4-15(7-12)21-6-2-5-19-17(21)23/h1,3-4,7,13-14,18H,2,5-6,8-11H2,(H,19,23)/t13-,14+. The molecule has 0 spiro atoms. The zero-order valence-corrected chi connectivity index (χ0v) is 13.1. The fourth-order valence-corrected chi connectivity index (χ4v) is 3.89. The number of likely N-dealkylation sites (tertiary alicyclic amines) is 1. The highest BCUT2D eigenvalue weighted by Gasteiger charge is 2.38. The SMILES string of the molecule is O=C(c1cccc(N2CCCNC2=O)c1)N1C[C@H]2CNC[C@H]2C1. The van der Waals surface area contributed by atoms with Gasteiger partial charge in [-0.2, -0.15) is 0 Å². The monoisotopic (exact) mass is 314 g/mol. The maximum absolute atomic E-state index is 12.8. The smallest absolute Gasteiger partial charge is 0.321 e. The van der Waals surface area contributed by atoms with Crippen molar-refractivity contribution in [2.45, 2.75) is 6.42 Å². The van der Waals surface area contributed by atoms with E-state index in [-0.39, 0.29) is 11.9 Å². The van der Waals surface area contributed by atoms with E-state index in [4.69, 9.17) is 0 Å². The Labute approximate surface area is 135 Å². The molecule has 6 heteroatoms. The number of amides is 3. The van der Waals surface area contributed by atoms with E-state index in [0.717, 1.165) is 44.8 Å². The third-order valence-electron chi connectivity index (χ3n) is 5.16. The molecule has 4 rings (SSSR count). The Morgan fingerprint density at radius 3 is 2.70 bits per heavy atom. The van der Waals surface area contributed by atoms with Gasteiger partial charge in [0.1, 0.15) is 0 Å². The Hall–Kier alpha value is -2.08. The van der Waals surface area contributed by atoms with Crippen LogP contribution in [0.1, 0.15) is 16.8 Å². The van der Waals surface area contributed by atoms with Crippen LogP contribution >= 0.6 is 0 Å². The normalized spacial score (nSPS) is 27.0. The van der Waals surface area contributed by atoms with Crippen LogP contribution in [0.3, 0.4) is 0 Å². The number of fused-ring (bicyclic) bond motifs is 1. The van der Waals surface area contributed by atoms with Gasteiger partial charge >= 0.3 is 6.03 Å². The van der Waals surface area contributed by atoms with Crippen LogP contribution in [-0.2, 0) is 0 Å². The number of rotatable bonds is 2.